The molecule has 2 aromatic carbocycles. The van der Waals surface area contributed by atoms with Crippen molar-refractivity contribution in [2.45, 2.75) is 13.3 Å². The maximum atomic E-state index is 12.4. The van der Waals surface area contributed by atoms with Crippen molar-refractivity contribution < 1.29 is 14.3 Å². The third-order valence-electron chi connectivity index (χ3n) is 3.61. The van der Waals surface area contributed by atoms with Gasteiger partial charge in [0.1, 0.15) is 5.01 Å². The Hall–Kier alpha value is -2.99. The van der Waals surface area contributed by atoms with Crippen molar-refractivity contribution in [3.8, 4) is 10.6 Å². The van der Waals surface area contributed by atoms with E-state index in [-0.39, 0.29) is 18.9 Å². The molecule has 1 N–H and O–H groups in total. The van der Waals surface area contributed by atoms with E-state index in [4.69, 9.17) is 4.74 Å². The number of aromatic nitrogens is 1. The van der Waals surface area contributed by atoms with Crippen LogP contribution in [0.4, 0.5) is 5.69 Å². The predicted molar refractivity (Wildman–Crippen MR) is 102 cm³/mol. The molecule has 1 amide bonds. The standard InChI is InChI=1S/C20H18N2O3S/c1-2-25-20(24)16-10-6-7-11-17(16)22-18(23)12-15-13-26-19(21-15)14-8-4-3-5-9-14/h3-11,13H,2,12H2,1H3,(H,22,23). The van der Waals surface area contributed by atoms with E-state index in [1.165, 1.54) is 11.3 Å². The maximum Gasteiger partial charge on any atom is 0.340 e. The van der Waals surface area contributed by atoms with Crippen molar-refractivity contribution in [1.82, 2.24) is 4.98 Å². The summed E-state index contributed by atoms with van der Waals surface area (Å²) >= 11 is 1.50. The second-order valence-electron chi connectivity index (χ2n) is 5.50. The fourth-order valence-corrected chi connectivity index (χ4v) is 3.27. The van der Waals surface area contributed by atoms with Gasteiger partial charge in [-0.1, -0.05) is 42.5 Å². The summed E-state index contributed by atoms with van der Waals surface area (Å²) in [5.74, 6) is -0.685. The molecule has 26 heavy (non-hydrogen) atoms. The molecule has 132 valence electrons. The van der Waals surface area contributed by atoms with Crippen molar-refractivity contribution in [3.05, 3.63) is 71.2 Å². The Morgan fingerprint density at radius 1 is 1.08 bits per heavy atom. The van der Waals surface area contributed by atoms with Gasteiger partial charge in [0.05, 0.1) is 30.0 Å². The van der Waals surface area contributed by atoms with Crippen LogP contribution in [-0.4, -0.2) is 23.5 Å². The van der Waals surface area contributed by atoms with Gasteiger partial charge in [0.2, 0.25) is 5.91 Å². The minimum Gasteiger partial charge on any atom is -0.462 e. The Balaban J connectivity index is 1.69. The molecule has 0 unspecified atom stereocenters. The van der Waals surface area contributed by atoms with Gasteiger partial charge in [0, 0.05) is 10.9 Å². The Kier molecular flexibility index (Phi) is 5.76. The van der Waals surface area contributed by atoms with Gasteiger partial charge in [-0.15, -0.1) is 11.3 Å². The number of nitrogens with zero attached hydrogens (tertiary/aromatic N) is 1. The van der Waals surface area contributed by atoms with Crippen LogP contribution in [0.25, 0.3) is 10.6 Å². The highest BCUT2D eigenvalue weighted by Gasteiger charge is 2.15. The zero-order valence-corrected chi connectivity index (χ0v) is 15.1. The largest absolute Gasteiger partial charge is 0.462 e. The Labute approximate surface area is 155 Å². The summed E-state index contributed by atoms with van der Waals surface area (Å²) < 4.78 is 5.02. The Bertz CT molecular complexity index is 906. The molecule has 0 saturated carbocycles. The smallest absolute Gasteiger partial charge is 0.340 e. The number of carbonyl (C=O) groups is 2. The van der Waals surface area contributed by atoms with Gasteiger partial charge in [-0.25, -0.2) is 9.78 Å². The molecule has 6 heteroatoms. The second kappa shape index (κ2) is 8.40. The average molecular weight is 366 g/mol. The third kappa shape index (κ3) is 4.34. The lowest BCUT2D eigenvalue weighted by Gasteiger charge is -2.09. The Morgan fingerprint density at radius 2 is 1.81 bits per heavy atom. The highest BCUT2D eigenvalue weighted by molar-refractivity contribution is 7.13. The van der Waals surface area contributed by atoms with Crippen molar-refractivity contribution in [1.29, 1.82) is 0 Å². The van der Waals surface area contributed by atoms with E-state index in [1.807, 2.05) is 35.7 Å². The first-order chi connectivity index (χ1) is 12.7. The number of nitrogens with one attached hydrogen (secondary N) is 1. The van der Waals surface area contributed by atoms with E-state index in [0.29, 0.717) is 16.9 Å². The molecule has 0 fully saturated rings. The van der Waals surface area contributed by atoms with Crippen LogP contribution in [0.5, 0.6) is 0 Å². The first kappa shape index (κ1) is 17.8. The van der Waals surface area contributed by atoms with Gasteiger partial charge < -0.3 is 10.1 Å². The second-order valence-corrected chi connectivity index (χ2v) is 6.36. The number of hydrogen-bond donors (Lipinski definition) is 1. The zero-order chi connectivity index (χ0) is 18.4. The van der Waals surface area contributed by atoms with E-state index in [9.17, 15) is 9.59 Å². The molecule has 0 saturated heterocycles. The minimum absolute atomic E-state index is 0.139. The lowest BCUT2D eigenvalue weighted by molar-refractivity contribution is -0.115. The number of para-hydroxylation sites is 1. The van der Waals surface area contributed by atoms with Crippen LogP contribution < -0.4 is 5.32 Å². The molecule has 3 aromatic rings. The van der Waals surface area contributed by atoms with Crippen LogP contribution in [-0.2, 0) is 16.0 Å². The topological polar surface area (TPSA) is 68.3 Å². The van der Waals surface area contributed by atoms with Crippen molar-refractivity contribution >= 4 is 28.9 Å². The van der Waals surface area contributed by atoms with Gasteiger partial charge in [-0.3, -0.25) is 4.79 Å². The monoisotopic (exact) mass is 366 g/mol. The first-order valence-electron chi connectivity index (χ1n) is 8.23. The lowest BCUT2D eigenvalue weighted by Crippen LogP contribution is -2.17. The summed E-state index contributed by atoms with van der Waals surface area (Å²) in [6.07, 6.45) is 0.139. The van der Waals surface area contributed by atoms with Gasteiger partial charge in [-0.2, -0.15) is 0 Å². The molecule has 0 aliphatic carbocycles. The van der Waals surface area contributed by atoms with Crippen molar-refractivity contribution in [2.24, 2.45) is 0 Å². The summed E-state index contributed by atoms with van der Waals surface area (Å²) in [7, 11) is 0. The molecule has 1 heterocycles. The molecule has 0 atom stereocenters. The summed E-state index contributed by atoms with van der Waals surface area (Å²) in [6.45, 7) is 2.02. The summed E-state index contributed by atoms with van der Waals surface area (Å²) in [4.78, 5) is 28.9. The minimum atomic E-state index is -0.455. The molecule has 0 bridgehead atoms. The number of thiazole rings is 1. The Morgan fingerprint density at radius 3 is 2.58 bits per heavy atom. The molecular weight excluding hydrogens is 348 g/mol. The van der Waals surface area contributed by atoms with Gasteiger partial charge in [0.15, 0.2) is 0 Å². The van der Waals surface area contributed by atoms with Crippen LogP contribution in [0.3, 0.4) is 0 Å². The SMILES string of the molecule is CCOC(=O)c1ccccc1NC(=O)Cc1csc(-c2ccccc2)n1. The average Bonchev–Trinajstić information content (AvgIpc) is 3.11. The van der Waals surface area contributed by atoms with Crippen LogP contribution in [0.1, 0.15) is 23.0 Å². The molecule has 0 aliphatic heterocycles. The summed E-state index contributed by atoms with van der Waals surface area (Å²) in [5, 5.41) is 5.52. The molecule has 0 spiro atoms. The van der Waals surface area contributed by atoms with Gasteiger partial charge >= 0.3 is 5.97 Å². The van der Waals surface area contributed by atoms with Crippen molar-refractivity contribution in [2.75, 3.05) is 11.9 Å². The van der Waals surface area contributed by atoms with E-state index in [1.54, 1.807) is 31.2 Å². The summed E-state index contributed by atoms with van der Waals surface area (Å²) in [5.41, 5.74) is 2.50. The fraction of sp³-hybridized carbons (Fsp3) is 0.150. The summed E-state index contributed by atoms with van der Waals surface area (Å²) in [6, 6.07) is 16.6. The van der Waals surface area contributed by atoms with E-state index < -0.39 is 5.97 Å². The fourth-order valence-electron chi connectivity index (χ4n) is 2.44. The van der Waals surface area contributed by atoms with Crippen LogP contribution in [0, 0.1) is 0 Å². The van der Waals surface area contributed by atoms with E-state index in [0.717, 1.165) is 10.6 Å². The normalized spacial score (nSPS) is 10.3. The third-order valence-corrected chi connectivity index (χ3v) is 4.55. The molecule has 1 aromatic heterocycles. The number of benzene rings is 2. The highest BCUT2D eigenvalue weighted by atomic mass is 32.1. The lowest BCUT2D eigenvalue weighted by atomic mass is 10.1. The van der Waals surface area contributed by atoms with Gasteiger partial charge in [-0.05, 0) is 19.1 Å². The number of carbonyl (C=O) groups excluding carboxylic acids is 2. The van der Waals surface area contributed by atoms with Crippen LogP contribution in [0.15, 0.2) is 60.0 Å². The number of ether oxygens (including phenoxy) is 1. The highest BCUT2D eigenvalue weighted by Crippen LogP contribution is 2.24. The van der Waals surface area contributed by atoms with Gasteiger partial charge in [0.25, 0.3) is 0 Å². The number of esters is 1. The van der Waals surface area contributed by atoms with E-state index >= 15 is 0 Å². The molecular formula is C20H18N2O3S. The maximum absolute atomic E-state index is 12.4. The molecule has 3 rings (SSSR count). The van der Waals surface area contributed by atoms with E-state index in [2.05, 4.69) is 10.3 Å². The number of hydrogen-bond acceptors (Lipinski definition) is 5. The van der Waals surface area contributed by atoms with Crippen LogP contribution >= 0.6 is 11.3 Å². The molecule has 0 aliphatic rings. The zero-order valence-electron chi connectivity index (χ0n) is 14.3. The molecule has 0 radical (unpaired) electrons. The number of amides is 1. The number of anilines is 1. The first-order valence-corrected chi connectivity index (χ1v) is 9.11. The number of rotatable bonds is 6. The molecule has 5 nitrogen and oxygen atoms in total. The van der Waals surface area contributed by atoms with Crippen molar-refractivity contribution in [3.63, 3.8) is 0 Å². The quantitative estimate of drug-likeness (QED) is 0.665. The van der Waals surface area contributed by atoms with Crippen LogP contribution in [0.2, 0.25) is 0 Å². The predicted octanol–water partition coefficient (Wildman–Crippen LogP) is 4.17.